The Morgan fingerprint density at radius 2 is 2.00 bits per heavy atom. The van der Waals surface area contributed by atoms with Crippen LogP contribution in [0.5, 0.6) is 5.75 Å². The van der Waals surface area contributed by atoms with E-state index in [0.29, 0.717) is 5.56 Å². The maximum atomic E-state index is 10.6. The summed E-state index contributed by atoms with van der Waals surface area (Å²) in [5.74, 6) is -2.18. The second-order valence-electron chi connectivity index (χ2n) is 2.82. The number of rotatable bonds is 3. The lowest BCUT2D eigenvalue weighted by molar-refractivity contribution is -0.113. The molecule has 4 N–H and O–H groups in total. The molecule has 5 heteroatoms. The van der Waals surface area contributed by atoms with Gasteiger partial charge in [0, 0.05) is 6.08 Å². The maximum absolute atomic E-state index is 10.6. The number of primary amides is 1. The van der Waals surface area contributed by atoms with Crippen molar-refractivity contribution in [3.8, 4) is 5.75 Å². The lowest BCUT2D eigenvalue weighted by atomic mass is 10.1. The fourth-order valence-corrected chi connectivity index (χ4v) is 1.01. The van der Waals surface area contributed by atoms with Crippen molar-refractivity contribution in [2.75, 3.05) is 0 Å². The Labute approximate surface area is 85.5 Å². The largest absolute Gasteiger partial charge is 0.507 e. The molecule has 0 radical (unpaired) electrons. The normalized spacial score (nSPS) is 10.4. The number of nitrogens with two attached hydrogens (primary N) is 1. The third-order valence-electron chi connectivity index (χ3n) is 1.69. The van der Waals surface area contributed by atoms with Crippen molar-refractivity contribution in [2.24, 2.45) is 5.73 Å². The average Bonchev–Trinajstić information content (AvgIpc) is 2.16. The predicted molar refractivity (Wildman–Crippen MR) is 53.3 cm³/mol. The number of aromatic carboxylic acids is 1. The van der Waals surface area contributed by atoms with E-state index >= 15 is 0 Å². The van der Waals surface area contributed by atoms with Crippen LogP contribution in [0.4, 0.5) is 0 Å². The molecule has 0 unspecified atom stereocenters. The van der Waals surface area contributed by atoms with Gasteiger partial charge in [0.1, 0.15) is 11.3 Å². The van der Waals surface area contributed by atoms with E-state index in [1.54, 1.807) is 0 Å². The van der Waals surface area contributed by atoms with Crippen molar-refractivity contribution < 1.29 is 19.8 Å². The first kappa shape index (κ1) is 10.8. The van der Waals surface area contributed by atoms with E-state index in [0.717, 1.165) is 6.08 Å². The summed E-state index contributed by atoms with van der Waals surface area (Å²) in [5.41, 5.74) is 5.13. The number of hydrogen-bond donors (Lipinski definition) is 3. The van der Waals surface area contributed by atoms with Gasteiger partial charge in [-0.3, -0.25) is 4.79 Å². The quantitative estimate of drug-likeness (QED) is 0.631. The predicted octanol–water partition coefficient (Wildman–Crippen LogP) is 0.589. The van der Waals surface area contributed by atoms with Crippen molar-refractivity contribution in [3.63, 3.8) is 0 Å². The van der Waals surface area contributed by atoms with Gasteiger partial charge in [0.05, 0.1) is 0 Å². The van der Waals surface area contributed by atoms with Crippen LogP contribution in [0.15, 0.2) is 24.3 Å². The molecule has 0 bridgehead atoms. The summed E-state index contributed by atoms with van der Waals surface area (Å²) in [5, 5.41) is 17.9. The number of hydrogen-bond acceptors (Lipinski definition) is 3. The Bertz CT molecular complexity index is 437. The third kappa shape index (κ3) is 2.84. The van der Waals surface area contributed by atoms with Crippen LogP contribution in [0.2, 0.25) is 0 Å². The van der Waals surface area contributed by atoms with Gasteiger partial charge >= 0.3 is 5.97 Å². The Morgan fingerprint density at radius 1 is 1.33 bits per heavy atom. The van der Waals surface area contributed by atoms with E-state index in [9.17, 15) is 14.7 Å². The molecule has 0 heterocycles. The summed E-state index contributed by atoms with van der Waals surface area (Å²) in [6.07, 6.45) is 2.48. The number of carboxylic acid groups (broad SMARTS) is 1. The molecular formula is C10H9NO4. The summed E-state index contributed by atoms with van der Waals surface area (Å²) in [6.45, 7) is 0. The summed E-state index contributed by atoms with van der Waals surface area (Å²) in [7, 11) is 0. The van der Waals surface area contributed by atoms with E-state index in [1.165, 1.54) is 24.3 Å². The fourth-order valence-electron chi connectivity index (χ4n) is 1.01. The van der Waals surface area contributed by atoms with E-state index in [4.69, 9.17) is 10.8 Å². The van der Waals surface area contributed by atoms with Crippen LogP contribution < -0.4 is 5.73 Å². The van der Waals surface area contributed by atoms with Crippen molar-refractivity contribution in [3.05, 3.63) is 35.4 Å². The topological polar surface area (TPSA) is 101 Å². The first-order chi connectivity index (χ1) is 7.00. The first-order valence-corrected chi connectivity index (χ1v) is 4.04. The molecule has 0 aromatic heterocycles. The highest BCUT2D eigenvalue weighted by atomic mass is 16.4. The lowest BCUT2D eigenvalue weighted by Crippen LogP contribution is -2.05. The highest BCUT2D eigenvalue weighted by Crippen LogP contribution is 2.19. The van der Waals surface area contributed by atoms with E-state index < -0.39 is 11.9 Å². The van der Waals surface area contributed by atoms with Crippen LogP contribution in [0, 0.1) is 0 Å². The summed E-state index contributed by atoms with van der Waals surface area (Å²) >= 11 is 0. The number of benzene rings is 1. The zero-order chi connectivity index (χ0) is 11.4. The Morgan fingerprint density at radius 3 is 2.53 bits per heavy atom. The lowest BCUT2D eigenvalue weighted by Gasteiger charge is -2.00. The Balaban J connectivity index is 3.08. The van der Waals surface area contributed by atoms with Crippen LogP contribution in [-0.4, -0.2) is 22.1 Å². The molecule has 78 valence electrons. The van der Waals surface area contributed by atoms with Crippen LogP contribution in [-0.2, 0) is 4.79 Å². The van der Waals surface area contributed by atoms with Gasteiger partial charge in [0.2, 0.25) is 5.91 Å². The summed E-state index contributed by atoms with van der Waals surface area (Å²) < 4.78 is 0. The smallest absolute Gasteiger partial charge is 0.339 e. The highest BCUT2D eigenvalue weighted by Gasteiger charge is 2.08. The SMILES string of the molecule is NC(=O)/C=C\c1ccc(O)c(C(=O)O)c1. The minimum Gasteiger partial charge on any atom is -0.507 e. The van der Waals surface area contributed by atoms with Gasteiger partial charge in [-0.05, 0) is 23.8 Å². The van der Waals surface area contributed by atoms with Gasteiger partial charge in [-0.15, -0.1) is 0 Å². The van der Waals surface area contributed by atoms with Gasteiger partial charge in [-0.1, -0.05) is 6.07 Å². The molecule has 1 amide bonds. The molecule has 15 heavy (non-hydrogen) atoms. The van der Waals surface area contributed by atoms with Crippen molar-refractivity contribution in [2.45, 2.75) is 0 Å². The second kappa shape index (κ2) is 4.28. The average molecular weight is 207 g/mol. The molecule has 0 atom stereocenters. The molecular weight excluding hydrogens is 198 g/mol. The number of carboxylic acids is 1. The van der Waals surface area contributed by atoms with Crippen molar-refractivity contribution in [1.29, 1.82) is 0 Å². The minimum absolute atomic E-state index is 0.221. The Hall–Kier alpha value is -2.30. The van der Waals surface area contributed by atoms with E-state index in [-0.39, 0.29) is 11.3 Å². The van der Waals surface area contributed by atoms with E-state index in [1.807, 2.05) is 0 Å². The van der Waals surface area contributed by atoms with Gasteiger partial charge in [-0.2, -0.15) is 0 Å². The summed E-state index contributed by atoms with van der Waals surface area (Å²) in [4.78, 5) is 21.1. The van der Waals surface area contributed by atoms with Gasteiger partial charge in [0.25, 0.3) is 0 Å². The first-order valence-electron chi connectivity index (χ1n) is 4.04. The molecule has 0 aliphatic carbocycles. The standard InChI is InChI=1S/C10H9NO4/c11-9(13)4-2-6-1-3-8(12)7(5-6)10(14)15/h1-5,12H,(H2,11,13)(H,14,15)/b4-2-. The van der Waals surface area contributed by atoms with Crippen LogP contribution in [0.1, 0.15) is 15.9 Å². The fraction of sp³-hybridized carbons (Fsp3) is 0. The molecule has 0 fully saturated rings. The van der Waals surface area contributed by atoms with Gasteiger partial charge < -0.3 is 15.9 Å². The molecule has 0 aliphatic rings. The molecule has 0 saturated carbocycles. The van der Waals surface area contributed by atoms with Gasteiger partial charge in [-0.25, -0.2) is 4.79 Å². The highest BCUT2D eigenvalue weighted by molar-refractivity contribution is 5.93. The number of phenols is 1. The number of carbonyl (C=O) groups is 2. The maximum Gasteiger partial charge on any atom is 0.339 e. The monoisotopic (exact) mass is 207 g/mol. The van der Waals surface area contributed by atoms with Crippen LogP contribution in [0.3, 0.4) is 0 Å². The molecule has 1 aromatic rings. The third-order valence-corrected chi connectivity index (χ3v) is 1.69. The Kier molecular flexibility index (Phi) is 3.07. The molecule has 5 nitrogen and oxygen atoms in total. The second-order valence-corrected chi connectivity index (χ2v) is 2.82. The van der Waals surface area contributed by atoms with Gasteiger partial charge in [0.15, 0.2) is 0 Å². The number of amides is 1. The number of carbonyl (C=O) groups excluding carboxylic acids is 1. The number of aromatic hydroxyl groups is 1. The zero-order valence-corrected chi connectivity index (χ0v) is 7.68. The van der Waals surface area contributed by atoms with Crippen molar-refractivity contribution >= 4 is 18.0 Å². The molecule has 1 aromatic carbocycles. The molecule has 0 saturated heterocycles. The zero-order valence-electron chi connectivity index (χ0n) is 7.68. The van der Waals surface area contributed by atoms with Crippen LogP contribution >= 0.6 is 0 Å². The molecule has 1 rings (SSSR count). The molecule has 0 aliphatic heterocycles. The van der Waals surface area contributed by atoms with E-state index in [2.05, 4.69) is 0 Å². The minimum atomic E-state index is -1.23. The summed E-state index contributed by atoms with van der Waals surface area (Å²) in [6, 6.07) is 3.96. The molecule has 0 spiro atoms. The van der Waals surface area contributed by atoms with Crippen molar-refractivity contribution in [1.82, 2.24) is 0 Å². The van der Waals surface area contributed by atoms with Crippen LogP contribution in [0.25, 0.3) is 6.08 Å².